The summed E-state index contributed by atoms with van der Waals surface area (Å²) in [5, 5.41) is 0. The van der Waals surface area contributed by atoms with Crippen molar-refractivity contribution in [3.8, 4) is 0 Å². The molecule has 0 N–H and O–H groups in total. The monoisotopic (exact) mass is 670 g/mol. The van der Waals surface area contributed by atoms with Crippen molar-refractivity contribution in [2.75, 3.05) is 0 Å². The quantitative estimate of drug-likeness (QED) is 0.112. The van der Waals surface area contributed by atoms with E-state index in [1.165, 1.54) is 0 Å². The fourth-order valence-corrected chi connectivity index (χ4v) is 3.61. The van der Waals surface area contributed by atoms with Crippen LogP contribution in [0.15, 0.2) is 72.8 Å². The zero-order valence-electron chi connectivity index (χ0n) is 22.8. The Hall–Kier alpha value is -5.84. The van der Waals surface area contributed by atoms with E-state index < -0.39 is 106 Å². The van der Waals surface area contributed by atoms with Crippen LogP contribution >= 0.6 is 0 Å². The zero-order chi connectivity index (χ0) is 34.4. The van der Waals surface area contributed by atoms with Crippen LogP contribution in [0.3, 0.4) is 0 Å². The van der Waals surface area contributed by atoms with Crippen LogP contribution in [-0.2, 0) is 23.7 Å². The summed E-state index contributed by atoms with van der Waals surface area (Å²) in [6, 6.07) is 7.94. The Morgan fingerprint density at radius 3 is 0.702 bits per heavy atom. The van der Waals surface area contributed by atoms with E-state index in [2.05, 4.69) is 18.9 Å². The highest BCUT2D eigenvalue weighted by atomic mass is 19.2. The van der Waals surface area contributed by atoms with Gasteiger partial charge in [-0.3, -0.25) is 0 Å². The fraction of sp³-hybridized carbons (Fsp3) is 0.0667. The molecule has 0 radical (unpaired) electrons. The molecule has 9 nitrogen and oxygen atoms in total. The van der Waals surface area contributed by atoms with Crippen molar-refractivity contribution in [1.82, 2.24) is 0 Å². The summed E-state index contributed by atoms with van der Waals surface area (Å²) in [5.74, 6) is -20.7. The smallest absolute Gasteiger partial charge is 0.371 e. The van der Waals surface area contributed by atoms with Gasteiger partial charge in [0.25, 0.3) is 0 Å². The number of carbonyl (C=O) groups is 4. The largest absolute Gasteiger partial charge is 0.396 e. The van der Waals surface area contributed by atoms with E-state index in [0.29, 0.717) is 48.5 Å². The molecule has 0 saturated carbocycles. The number of halogens is 8. The van der Waals surface area contributed by atoms with Gasteiger partial charge in [0.2, 0.25) is 0 Å². The maximum atomic E-state index is 14.2. The molecule has 0 aliphatic carbocycles. The van der Waals surface area contributed by atoms with Crippen LogP contribution in [0.4, 0.5) is 35.1 Å². The molecular formula is C30H14F8O9. The SMILES string of the molecule is O=C(OC(OC(=O)c1c(F)cccc1F)OC(OC(=O)c1c(F)cccc1F)OC(=O)c1c(F)cccc1F)c1c(F)cccc1F. The minimum Gasteiger partial charge on any atom is -0.396 e. The summed E-state index contributed by atoms with van der Waals surface area (Å²) < 4.78 is 137. The van der Waals surface area contributed by atoms with E-state index in [9.17, 15) is 54.3 Å². The Morgan fingerprint density at radius 1 is 0.362 bits per heavy atom. The molecule has 0 fully saturated rings. The maximum absolute atomic E-state index is 14.2. The van der Waals surface area contributed by atoms with Crippen LogP contribution < -0.4 is 0 Å². The molecule has 4 rings (SSSR count). The standard InChI is InChI=1S/C30H14F8O9/c31-13-5-1-6-14(32)21(13)25(39)43-29(44-26(40)22-15(33)7-2-8-16(22)34)47-30(45-27(41)23-17(35)9-3-10-18(23)36)46-28(42)24-19(37)11-4-12-20(24)38/h1-12,29-30H. The van der Waals surface area contributed by atoms with Crippen LogP contribution in [0.2, 0.25) is 0 Å². The Morgan fingerprint density at radius 2 is 0.532 bits per heavy atom. The molecule has 4 aromatic carbocycles. The van der Waals surface area contributed by atoms with Gasteiger partial charge in [-0.1, -0.05) is 24.3 Å². The van der Waals surface area contributed by atoms with Crippen LogP contribution in [0.5, 0.6) is 0 Å². The molecule has 0 aliphatic heterocycles. The average Bonchev–Trinajstić information content (AvgIpc) is 2.96. The highest BCUT2D eigenvalue weighted by Crippen LogP contribution is 2.22. The van der Waals surface area contributed by atoms with Crippen molar-refractivity contribution in [2.45, 2.75) is 13.0 Å². The van der Waals surface area contributed by atoms with E-state index >= 15 is 0 Å². The lowest BCUT2D eigenvalue weighted by atomic mass is 10.2. The number of benzene rings is 4. The molecule has 4 aromatic rings. The normalized spacial score (nSPS) is 10.9. The summed E-state index contributed by atoms with van der Waals surface area (Å²) in [7, 11) is 0. The first-order valence-electron chi connectivity index (χ1n) is 12.5. The molecule has 0 saturated heterocycles. The summed E-state index contributed by atoms with van der Waals surface area (Å²) in [6.45, 7) is -6.29. The number of carbonyl (C=O) groups excluding carboxylic acids is 4. The first kappa shape index (κ1) is 34.0. The topological polar surface area (TPSA) is 114 Å². The van der Waals surface area contributed by atoms with Crippen molar-refractivity contribution in [1.29, 1.82) is 0 Å². The second-order valence-corrected chi connectivity index (χ2v) is 8.72. The molecule has 244 valence electrons. The van der Waals surface area contributed by atoms with Crippen LogP contribution in [0.1, 0.15) is 41.4 Å². The van der Waals surface area contributed by atoms with E-state index in [-0.39, 0.29) is 0 Å². The summed E-state index contributed by atoms with van der Waals surface area (Å²) >= 11 is 0. The fourth-order valence-electron chi connectivity index (χ4n) is 3.61. The van der Waals surface area contributed by atoms with Crippen molar-refractivity contribution < 1.29 is 78.0 Å². The summed E-state index contributed by atoms with van der Waals surface area (Å²) in [4.78, 5) is 50.6. The molecule has 0 bridgehead atoms. The summed E-state index contributed by atoms with van der Waals surface area (Å²) in [5.41, 5.74) is -5.83. The number of hydrogen-bond acceptors (Lipinski definition) is 9. The van der Waals surface area contributed by atoms with E-state index in [4.69, 9.17) is 4.74 Å². The molecule has 0 unspecified atom stereocenters. The van der Waals surface area contributed by atoms with Crippen molar-refractivity contribution in [3.63, 3.8) is 0 Å². The highest BCUT2D eigenvalue weighted by Gasteiger charge is 2.35. The minimum atomic E-state index is -3.14. The second-order valence-electron chi connectivity index (χ2n) is 8.72. The Labute approximate surface area is 256 Å². The molecule has 47 heavy (non-hydrogen) atoms. The van der Waals surface area contributed by atoms with Gasteiger partial charge < -0.3 is 18.9 Å². The predicted molar refractivity (Wildman–Crippen MR) is 136 cm³/mol. The highest BCUT2D eigenvalue weighted by molar-refractivity contribution is 5.92. The van der Waals surface area contributed by atoms with Gasteiger partial charge in [-0.25, -0.2) is 59.0 Å². The number of rotatable bonds is 10. The lowest BCUT2D eigenvalue weighted by molar-refractivity contribution is -0.343. The molecule has 0 aliphatic rings. The molecule has 0 amide bonds. The molecule has 0 spiro atoms. The zero-order valence-corrected chi connectivity index (χ0v) is 22.8. The van der Waals surface area contributed by atoms with Crippen molar-refractivity contribution in [2.24, 2.45) is 0 Å². The number of esters is 4. The molecule has 0 heterocycles. The lowest BCUT2D eigenvalue weighted by Crippen LogP contribution is -2.37. The first-order chi connectivity index (χ1) is 22.3. The molecule has 0 atom stereocenters. The van der Waals surface area contributed by atoms with Gasteiger partial charge in [0, 0.05) is 0 Å². The number of hydrogen-bond donors (Lipinski definition) is 0. The Bertz CT molecular complexity index is 1520. The van der Waals surface area contributed by atoms with Crippen LogP contribution in [-0.4, -0.2) is 36.8 Å². The van der Waals surface area contributed by atoms with Crippen molar-refractivity contribution >= 4 is 23.9 Å². The van der Waals surface area contributed by atoms with E-state index in [1.54, 1.807) is 0 Å². The molecule has 17 heteroatoms. The maximum Gasteiger partial charge on any atom is 0.371 e. The third kappa shape index (κ3) is 7.88. The van der Waals surface area contributed by atoms with Gasteiger partial charge >= 0.3 is 36.8 Å². The molecular weight excluding hydrogens is 656 g/mol. The summed E-state index contributed by atoms with van der Waals surface area (Å²) in [6.07, 6.45) is 0. The van der Waals surface area contributed by atoms with Gasteiger partial charge in [0.1, 0.15) is 68.8 Å². The van der Waals surface area contributed by atoms with Gasteiger partial charge in [-0.2, -0.15) is 0 Å². The van der Waals surface area contributed by atoms with E-state index in [0.717, 1.165) is 24.3 Å². The van der Waals surface area contributed by atoms with Gasteiger partial charge in [-0.05, 0) is 48.5 Å². The van der Waals surface area contributed by atoms with Gasteiger partial charge in [0.05, 0.1) is 0 Å². The van der Waals surface area contributed by atoms with E-state index in [1.807, 2.05) is 0 Å². The molecule has 0 aromatic heterocycles. The van der Waals surface area contributed by atoms with Crippen molar-refractivity contribution in [3.05, 3.63) is 142 Å². The Kier molecular flexibility index (Phi) is 10.5. The minimum absolute atomic E-state index is 0.578. The third-order valence-electron chi connectivity index (χ3n) is 5.70. The first-order valence-corrected chi connectivity index (χ1v) is 12.5. The second kappa shape index (κ2) is 14.5. The van der Waals surface area contributed by atoms with Gasteiger partial charge in [0.15, 0.2) is 0 Å². The number of ether oxygens (including phenoxy) is 5. The van der Waals surface area contributed by atoms with Crippen LogP contribution in [0, 0.1) is 46.5 Å². The Balaban J connectivity index is 1.73. The van der Waals surface area contributed by atoms with Gasteiger partial charge in [-0.15, -0.1) is 0 Å². The predicted octanol–water partition coefficient (Wildman–Crippen LogP) is 6.11. The third-order valence-corrected chi connectivity index (χ3v) is 5.70. The van der Waals surface area contributed by atoms with Crippen LogP contribution in [0.25, 0.3) is 0 Å². The average molecular weight is 670 g/mol. The lowest BCUT2D eigenvalue weighted by Gasteiger charge is -2.24.